The highest BCUT2D eigenvalue weighted by molar-refractivity contribution is 5.97. The van der Waals surface area contributed by atoms with Crippen LogP contribution in [0.2, 0.25) is 0 Å². The lowest BCUT2D eigenvalue weighted by Gasteiger charge is -2.41. The summed E-state index contributed by atoms with van der Waals surface area (Å²) in [4.78, 5) is 38.8. The van der Waals surface area contributed by atoms with Gasteiger partial charge in [-0.15, -0.1) is 0 Å². The van der Waals surface area contributed by atoms with E-state index < -0.39 is 17.5 Å². The Bertz CT molecular complexity index is 466. The molecule has 1 aliphatic rings. The number of hydrogen-bond donors (Lipinski definition) is 2. The van der Waals surface area contributed by atoms with Crippen molar-refractivity contribution in [3.63, 3.8) is 0 Å². The van der Waals surface area contributed by atoms with E-state index in [0.29, 0.717) is 32.2 Å². The van der Waals surface area contributed by atoms with Crippen LogP contribution < -0.4 is 11.5 Å². The van der Waals surface area contributed by atoms with Gasteiger partial charge in [0.25, 0.3) is 5.91 Å². The third-order valence-electron chi connectivity index (χ3n) is 5.02. The predicted octanol–water partition coefficient (Wildman–Crippen LogP) is 1.95. The molecule has 1 heterocycles. The first-order valence-corrected chi connectivity index (χ1v) is 9.24. The second-order valence-corrected chi connectivity index (χ2v) is 6.96. The summed E-state index contributed by atoms with van der Waals surface area (Å²) >= 11 is 0. The number of nitrogens with two attached hydrogens (primary N) is 2. The minimum Gasteiger partial charge on any atom is -0.366 e. The molecule has 0 aromatic carbocycles. The quantitative estimate of drug-likeness (QED) is 0.600. The lowest BCUT2D eigenvalue weighted by Crippen LogP contribution is -2.70. The zero-order chi connectivity index (χ0) is 18.3. The zero-order valence-corrected chi connectivity index (χ0v) is 15.3. The van der Waals surface area contributed by atoms with Crippen LogP contribution in [0.1, 0.15) is 72.1 Å². The number of amides is 2. The largest absolute Gasteiger partial charge is 0.366 e. The third-order valence-corrected chi connectivity index (χ3v) is 5.02. The molecular formula is C18H33N3O3. The number of hydrogen-bond acceptors (Lipinski definition) is 4. The van der Waals surface area contributed by atoms with Crippen LogP contribution in [0.15, 0.2) is 0 Å². The Morgan fingerprint density at radius 1 is 1.25 bits per heavy atom. The Kier molecular flexibility index (Phi) is 7.87. The van der Waals surface area contributed by atoms with E-state index in [2.05, 4.69) is 6.92 Å². The maximum atomic E-state index is 12.7. The van der Waals surface area contributed by atoms with E-state index in [1.165, 1.54) is 4.90 Å². The minimum absolute atomic E-state index is 0.0632. The van der Waals surface area contributed by atoms with Crippen molar-refractivity contribution in [2.24, 2.45) is 23.3 Å². The highest BCUT2D eigenvalue weighted by atomic mass is 16.2. The van der Waals surface area contributed by atoms with Crippen molar-refractivity contribution in [3.05, 3.63) is 0 Å². The van der Waals surface area contributed by atoms with E-state index >= 15 is 0 Å². The molecule has 138 valence electrons. The highest BCUT2D eigenvalue weighted by Gasteiger charge is 2.52. The first-order valence-electron chi connectivity index (χ1n) is 9.24. The van der Waals surface area contributed by atoms with Crippen molar-refractivity contribution in [2.75, 3.05) is 6.54 Å². The number of likely N-dealkylation sites (tertiary alicyclic amines) is 1. The molecule has 1 aliphatic heterocycles. The first-order chi connectivity index (χ1) is 11.3. The summed E-state index contributed by atoms with van der Waals surface area (Å²) in [5.41, 5.74) is 10.3. The number of carbonyl (C=O) groups excluding carboxylic acids is 3. The smallest absolute Gasteiger partial charge is 0.259 e. The zero-order valence-electron chi connectivity index (χ0n) is 15.3. The fourth-order valence-electron chi connectivity index (χ4n) is 3.67. The molecule has 1 fully saturated rings. The predicted molar refractivity (Wildman–Crippen MR) is 93.8 cm³/mol. The molecule has 3 unspecified atom stereocenters. The molecule has 0 radical (unpaired) electrons. The van der Waals surface area contributed by atoms with Crippen LogP contribution in [-0.4, -0.2) is 34.7 Å². The molecule has 3 atom stereocenters. The Hall–Kier alpha value is -1.43. The average Bonchev–Trinajstić information content (AvgIpc) is 2.90. The Morgan fingerprint density at radius 3 is 2.42 bits per heavy atom. The Morgan fingerprint density at radius 2 is 1.92 bits per heavy atom. The molecule has 24 heavy (non-hydrogen) atoms. The lowest BCUT2D eigenvalue weighted by molar-refractivity contribution is -0.150. The van der Waals surface area contributed by atoms with E-state index in [4.69, 9.17) is 11.5 Å². The monoisotopic (exact) mass is 339 g/mol. The maximum absolute atomic E-state index is 12.7. The van der Waals surface area contributed by atoms with E-state index in [-0.39, 0.29) is 17.6 Å². The molecule has 6 nitrogen and oxygen atoms in total. The standard InChI is InChI=1S/C18H33N3O3/c1-4-7-10-15(22)14(9-6-3)18(20,17(19)24)21-12-13(8-5-2)11-16(21)23/h13-14H,4-12,20H2,1-3H3,(H2,19,24). The van der Waals surface area contributed by atoms with Crippen LogP contribution >= 0.6 is 0 Å². The van der Waals surface area contributed by atoms with Gasteiger partial charge < -0.3 is 10.6 Å². The molecule has 6 heteroatoms. The van der Waals surface area contributed by atoms with Gasteiger partial charge in [-0.2, -0.15) is 0 Å². The molecule has 0 saturated carbocycles. The van der Waals surface area contributed by atoms with Crippen LogP contribution in [0.3, 0.4) is 0 Å². The number of carbonyl (C=O) groups is 3. The summed E-state index contributed by atoms with van der Waals surface area (Å²) in [6.45, 7) is 6.41. The second-order valence-electron chi connectivity index (χ2n) is 6.96. The molecule has 4 N–H and O–H groups in total. The van der Waals surface area contributed by atoms with E-state index in [0.717, 1.165) is 25.7 Å². The summed E-state index contributed by atoms with van der Waals surface area (Å²) < 4.78 is 0. The van der Waals surface area contributed by atoms with Crippen molar-refractivity contribution in [1.29, 1.82) is 0 Å². The number of nitrogens with zero attached hydrogens (tertiary/aromatic N) is 1. The van der Waals surface area contributed by atoms with Crippen molar-refractivity contribution in [1.82, 2.24) is 4.90 Å². The van der Waals surface area contributed by atoms with Gasteiger partial charge in [0, 0.05) is 19.4 Å². The van der Waals surface area contributed by atoms with Gasteiger partial charge in [-0.1, -0.05) is 40.0 Å². The van der Waals surface area contributed by atoms with Crippen LogP contribution in [-0.2, 0) is 14.4 Å². The van der Waals surface area contributed by atoms with Crippen molar-refractivity contribution < 1.29 is 14.4 Å². The number of Topliss-reactive ketones (excluding diaryl/α,β-unsaturated/α-hetero) is 1. The highest BCUT2D eigenvalue weighted by Crippen LogP contribution is 2.33. The van der Waals surface area contributed by atoms with Crippen molar-refractivity contribution in [3.8, 4) is 0 Å². The SMILES string of the molecule is CCCCC(=O)C(CCC)C(N)(C(N)=O)N1CC(CCC)CC1=O. The van der Waals surface area contributed by atoms with Crippen LogP contribution in [0, 0.1) is 11.8 Å². The summed E-state index contributed by atoms with van der Waals surface area (Å²) in [7, 11) is 0. The number of unbranched alkanes of at least 4 members (excludes halogenated alkanes) is 1. The summed E-state index contributed by atoms with van der Waals surface area (Å²) in [5.74, 6) is -1.56. The van der Waals surface area contributed by atoms with Gasteiger partial charge >= 0.3 is 0 Å². The van der Waals surface area contributed by atoms with Crippen LogP contribution in [0.5, 0.6) is 0 Å². The summed E-state index contributed by atoms with van der Waals surface area (Å²) in [6, 6.07) is 0. The van der Waals surface area contributed by atoms with Gasteiger partial charge in [0.1, 0.15) is 5.78 Å². The third kappa shape index (κ3) is 4.35. The average molecular weight is 339 g/mol. The van der Waals surface area contributed by atoms with E-state index in [9.17, 15) is 14.4 Å². The first kappa shape index (κ1) is 20.6. The van der Waals surface area contributed by atoms with Gasteiger partial charge in [0.15, 0.2) is 5.66 Å². The molecule has 0 aliphatic carbocycles. The van der Waals surface area contributed by atoms with Crippen LogP contribution in [0.4, 0.5) is 0 Å². The Labute approximate surface area is 145 Å². The minimum atomic E-state index is -1.71. The normalized spacial score (nSPS) is 21.6. The van der Waals surface area contributed by atoms with Gasteiger partial charge in [0.2, 0.25) is 5.91 Å². The summed E-state index contributed by atoms with van der Waals surface area (Å²) in [5, 5.41) is 0. The number of ketones is 1. The van der Waals surface area contributed by atoms with Gasteiger partial charge in [0.05, 0.1) is 5.92 Å². The lowest BCUT2D eigenvalue weighted by atomic mass is 9.81. The van der Waals surface area contributed by atoms with Crippen molar-refractivity contribution in [2.45, 2.75) is 77.8 Å². The molecule has 0 aromatic heterocycles. The molecule has 0 spiro atoms. The fraction of sp³-hybridized carbons (Fsp3) is 0.833. The molecule has 0 aromatic rings. The second kappa shape index (κ2) is 9.16. The molecule has 0 bridgehead atoms. The van der Waals surface area contributed by atoms with Gasteiger partial charge in [-0.05, 0) is 25.2 Å². The molecule has 1 saturated heterocycles. The number of rotatable bonds is 11. The molecular weight excluding hydrogens is 306 g/mol. The van der Waals surface area contributed by atoms with Gasteiger partial charge in [-0.25, -0.2) is 0 Å². The Balaban J connectivity index is 3.12. The number of primary amides is 1. The van der Waals surface area contributed by atoms with Crippen molar-refractivity contribution >= 4 is 17.6 Å². The van der Waals surface area contributed by atoms with Gasteiger partial charge in [-0.3, -0.25) is 20.1 Å². The fourth-order valence-corrected chi connectivity index (χ4v) is 3.67. The van der Waals surface area contributed by atoms with E-state index in [1.54, 1.807) is 0 Å². The molecule has 1 rings (SSSR count). The molecule has 2 amide bonds. The topological polar surface area (TPSA) is 106 Å². The van der Waals surface area contributed by atoms with Crippen LogP contribution in [0.25, 0.3) is 0 Å². The maximum Gasteiger partial charge on any atom is 0.259 e. The summed E-state index contributed by atoms with van der Waals surface area (Å²) in [6.07, 6.45) is 5.42. The van der Waals surface area contributed by atoms with E-state index in [1.807, 2.05) is 13.8 Å².